The zero-order valence-electron chi connectivity index (χ0n) is 15.1. The second kappa shape index (κ2) is 7.87. The molecule has 9 nitrogen and oxygen atoms in total. The van der Waals surface area contributed by atoms with Crippen LogP contribution in [0.5, 0.6) is 5.88 Å². The fraction of sp³-hybridized carbons (Fsp3) is 0.211. The first-order valence-corrected chi connectivity index (χ1v) is 8.52. The third kappa shape index (κ3) is 3.54. The van der Waals surface area contributed by atoms with E-state index < -0.39 is 24.3 Å². The van der Waals surface area contributed by atoms with Gasteiger partial charge in [-0.3, -0.25) is 9.59 Å². The van der Waals surface area contributed by atoms with Crippen molar-refractivity contribution in [2.24, 2.45) is 5.73 Å². The molecule has 3 aromatic rings. The Morgan fingerprint density at radius 1 is 1.18 bits per heavy atom. The molecule has 2 aromatic heterocycles. The van der Waals surface area contributed by atoms with Gasteiger partial charge in [-0.15, -0.1) is 0 Å². The van der Waals surface area contributed by atoms with Gasteiger partial charge >= 0.3 is 5.97 Å². The molecule has 0 aliphatic rings. The van der Waals surface area contributed by atoms with Crippen molar-refractivity contribution in [3.05, 3.63) is 53.5 Å². The first kappa shape index (κ1) is 19.0. The van der Waals surface area contributed by atoms with Gasteiger partial charge in [0, 0.05) is 12.2 Å². The van der Waals surface area contributed by atoms with Crippen molar-refractivity contribution in [2.75, 3.05) is 6.61 Å². The summed E-state index contributed by atoms with van der Waals surface area (Å²) in [6, 6.07) is 9.50. The number of carbonyl (C=O) groups excluding carboxylic acids is 2. The number of primary amides is 1. The predicted molar refractivity (Wildman–Crippen MR) is 99.1 cm³/mol. The molecule has 0 fully saturated rings. The highest BCUT2D eigenvalue weighted by Gasteiger charge is 2.28. The number of carbonyl (C=O) groups is 3. The van der Waals surface area contributed by atoms with Crippen molar-refractivity contribution in [1.29, 1.82) is 0 Å². The molecule has 28 heavy (non-hydrogen) atoms. The summed E-state index contributed by atoms with van der Waals surface area (Å²) in [4.78, 5) is 43.3. The Morgan fingerprint density at radius 3 is 2.50 bits per heavy atom. The summed E-state index contributed by atoms with van der Waals surface area (Å²) in [6.07, 6.45) is 1.63. The van der Waals surface area contributed by atoms with Gasteiger partial charge < -0.3 is 20.1 Å². The number of ketones is 1. The Morgan fingerprint density at radius 2 is 1.89 bits per heavy atom. The van der Waals surface area contributed by atoms with Gasteiger partial charge in [0.15, 0.2) is 6.61 Å². The zero-order chi connectivity index (χ0) is 20.3. The number of Topliss-reactive ketones (excluding diaryl/α,β-unsaturated/α-hetero) is 1. The molecule has 144 valence electrons. The summed E-state index contributed by atoms with van der Waals surface area (Å²) < 4.78 is 7.03. The van der Waals surface area contributed by atoms with E-state index in [4.69, 9.17) is 15.6 Å². The second-order valence-electron chi connectivity index (χ2n) is 6.00. The van der Waals surface area contributed by atoms with Crippen LogP contribution in [0.2, 0.25) is 0 Å². The van der Waals surface area contributed by atoms with E-state index in [-0.39, 0.29) is 16.8 Å². The lowest BCUT2D eigenvalue weighted by atomic mass is 10.1. The van der Waals surface area contributed by atoms with Crippen molar-refractivity contribution in [2.45, 2.75) is 19.9 Å². The number of carboxylic acids is 1. The van der Waals surface area contributed by atoms with Gasteiger partial charge in [-0.05, 0) is 12.0 Å². The number of carboxylic acid groups (broad SMARTS) is 1. The summed E-state index contributed by atoms with van der Waals surface area (Å²) in [5.41, 5.74) is 7.15. The highest BCUT2D eigenvalue weighted by atomic mass is 16.5. The third-order valence-corrected chi connectivity index (χ3v) is 4.21. The molecule has 0 atom stereocenters. The lowest BCUT2D eigenvalue weighted by molar-refractivity contribution is -0.139. The number of benzene rings is 1. The summed E-state index contributed by atoms with van der Waals surface area (Å²) in [7, 11) is 0. The van der Waals surface area contributed by atoms with Gasteiger partial charge in [-0.1, -0.05) is 37.3 Å². The Labute approximate surface area is 159 Å². The molecular formula is C19H18N4O5. The van der Waals surface area contributed by atoms with Crippen LogP contribution >= 0.6 is 0 Å². The molecule has 9 heteroatoms. The van der Waals surface area contributed by atoms with Crippen LogP contribution in [0, 0.1) is 0 Å². The number of rotatable bonds is 8. The average molecular weight is 382 g/mol. The average Bonchev–Trinajstić information content (AvgIpc) is 3.00. The summed E-state index contributed by atoms with van der Waals surface area (Å²) in [5, 5.41) is 9.08. The number of hydrogen-bond donors (Lipinski definition) is 2. The van der Waals surface area contributed by atoms with Gasteiger partial charge in [0.25, 0.3) is 11.7 Å². The van der Waals surface area contributed by atoms with Crippen LogP contribution in [0.15, 0.2) is 36.7 Å². The largest absolute Gasteiger partial charge is 0.479 e. The van der Waals surface area contributed by atoms with E-state index >= 15 is 0 Å². The molecule has 0 saturated heterocycles. The molecule has 2 heterocycles. The molecule has 3 rings (SSSR count). The molecule has 0 radical (unpaired) electrons. The normalized spacial score (nSPS) is 10.8. The van der Waals surface area contributed by atoms with Crippen LogP contribution < -0.4 is 10.5 Å². The Bertz CT molecular complexity index is 1060. The SMILES string of the molecule is CCc1c(C(=O)C(N)=O)c2c(OCC(=O)O)ncnc2n1Cc1ccccc1. The maximum absolute atomic E-state index is 12.6. The molecule has 0 aliphatic heterocycles. The van der Waals surface area contributed by atoms with Crippen LogP contribution in [-0.2, 0) is 22.6 Å². The molecule has 1 amide bonds. The van der Waals surface area contributed by atoms with E-state index in [9.17, 15) is 14.4 Å². The highest BCUT2D eigenvalue weighted by Crippen LogP contribution is 2.32. The number of fused-ring (bicyclic) bond motifs is 1. The smallest absolute Gasteiger partial charge is 0.341 e. The Balaban J connectivity index is 2.27. The first-order valence-electron chi connectivity index (χ1n) is 8.52. The van der Waals surface area contributed by atoms with Gasteiger partial charge in [0.05, 0.1) is 10.9 Å². The van der Waals surface area contributed by atoms with E-state index in [0.717, 1.165) is 5.56 Å². The van der Waals surface area contributed by atoms with Crippen molar-refractivity contribution in [3.8, 4) is 5.88 Å². The van der Waals surface area contributed by atoms with E-state index in [1.807, 2.05) is 37.3 Å². The fourth-order valence-corrected chi connectivity index (χ4v) is 3.10. The molecule has 0 unspecified atom stereocenters. The third-order valence-electron chi connectivity index (χ3n) is 4.21. The molecule has 1 aromatic carbocycles. The predicted octanol–water partition coefficient (Wildman–Crippen LogP) is 1.17. The van der Waals surface area contributed by atoms with E-state index in [0.29, 0.717) is 24.3 Å². The standard InChI is InChI=1S/C19H18N4O5/c1-2-12-14(16(26)17(20)27)15-18(21-10-22-19(15)28-9-13(24)25)23(12)8-11-6-4-3-5-7-11/h3-7,10H,2,8-9H2,1H3,(H2,20,27)(H,24,25). The van der Waals surface area contributed by atoms with Crippen molar-refractivity contribution in [1.82, 2.24) is 14.5 Å². The van der Waals surface area contributed by atoms with Gasteiger partial charge in [0.2, 0.25) is 5.88 Å². The van der Waals surface area contributed by atoms with Crippen LogP contribution in [0.3, 0.4) is 0 Å². The number of ether oxygens (including phenoxy) is 1. The monoisotopic (exact) mass is 382 g/mol. The lowest BCUT2D eigenvalue weighted by Crippen LogP contribution is -2.24. The lowest BCUT2D eigenvalue weighted by Gasteiger charge is -2.10. The van der Waals surface area contributed by atoms with Crippen molar-refractivity contribution >= 4 is 28.7 Å². The maximum atomic E-state index is 12.6. The number of nitrogens with two attached hydrogens (primary N) is 1. The zero-order valence-corrected chi connectivity index (χ0v) is 15.1. The Hall–Kier alpha value is -3.75. The molecule has 0 saturated carbocycles. The van der Waals surface area contributed by atoms with Crippen molar-refractivity contribution < 1.29 is 24.2 Å². The molecule has 0 spiro atoms. The minimum absolute atomic E-state index is 0.0434. The van der Waals surface area contributed by atoms with Crippen LogP contribution in [-0.4, -0.2) is 43.9 Å². The van der Waals surface area contributed by atoms with Gasteiger partial charge in [-0.25, -0.2) is 14.8 Å². The van der Waals surface area contributed by atoms with Crippen LogP contribution in [0.1, 0.15) is 28.5 Å². The molecule has 0 bridgehead atoms. The van der Waals surface area contributed by atoms with Crippen molar-refractivity contribution in [3.63, 3.8) is 0 Å². The van der Waals surface area contributed by atoms with E-state index in [1.54, 1.807) is 4.57 Å². The summed E-state index contributed by atoms with van der Waals surface area (Å²) in [6.45, 7) is 1.57. The van der Waals surface area contributed by atoms with Crippen LogP contribution in [0.25, 0.3) is 11.0 Å². The summed E-state index contributed by atoms with van der Waals surface area (Å²) >= 11 is 0. The molecule has 3 N–H and O–H groups in total. The topological polar surface area (TPSA) is 137 Å². The number of amides is 1. The number of hydrogen-bond acceptors (Lipinski definition) is 6. The van der Waals surface area contributed by atoms with Crippen LogP contribution in [0.4, 0.5) is 0 Å². The number of aliphatic carboxylic acids is 1. The minimum Gasteiger partial charge on any atom is -0.479 e. The van der Waals surface area contributed by atoms with E-state index in [1.165, 1.54) is 6.33 Å². The Kier molecular flexibility index (Phi) is 5.35. The minimum atomic E-state index is -1.20. The maximum Gasteiger partial charge on any atom is 0.341 e. The number of aromatic nitrogens is 3. The first-order chi connectivity index (χ1) is 13.4. The molecule has 0 aliphatic carbocycles. The summed E-state index contributed by atoms with van der Waals surface area (Å²) in [5.74, 6) is -3.31. The second-order valence-corrected chi connectivity index (χ2v) is 6.00. The van der Waals surface area contributed by atoms with Gasteiger partial charge in [-0.2, -0.15) is 0 Å². The molecular weight excluding hydrogens is 364 g/mol. The number of nitrogens with zero attached hydrogens (tertiary/aromatic N) is 3. The van der Waals surface area contributed by atoms with Gasteiger partial charge in [0.1, 0.15) is 12.0 Å². The fourth-order valence-electron chi connectivity index (χ4n) is 3.10. The van der Waals surface area contributed by atoms with E-state index in [2.05, 4.69) is 9.97 Å². The highest BCUT2D eigenvalue weighted by molar-refractivity contribution is 6.45. The quantitative estimate of drug-likeness (QED) is 0.441.